The normalized spacial score (nSPS) is 42.4. The average Bonchev–Trinajstić information content (AvgIpc) is 2.98. The molecule has 0 saturated carbocycles. The topological polar surface area (TPSA) is 112 Å². The Bertz CT molecular complexity index is 695. The van der Waals surface area contributed by atoms with E-state index in [1.165, 1.54) is 19.1 Å². The fourth-order valence-electron chi connectivity index (χ4n) is 4.16. The highest BCUT2D eigenvalue weighted by Gasteiger charge is 2.65. The maximum absolute atomic E-state index is 12.1. The Morgan fingerprint density at radius 1 is 1.32 bits per heavy atom. The van der Waals surface area contributed by atoms with Crippen molar-refractivity contribution in [2.24, 2.45) is 11.8 Å². The van der Waals surface area contributed by atoms with Gasteiger partial charge in [-0.05, 0) is 31.6 Å². The molecule has 25 heavy (non-hydrogen) atoms. The molecule has 1 heterocycles. The third-order valence-electron chi connectivity index (χ3n) is 5.37. The van der Waals surface area contributed by atoms with Gasteiger partial charge in [0.05, 0.1) is 11.8 Å². The van der Waals surface area contributed by atoms with E-state index in [9.17, 15) is 20.1 Å². The summed E-state index contributed by atoms with van der Waals surface area (Å²) >= 11 is 0. The quantitative estimate of drug-likeness (QED) is 0.259. The minimum Gasteiger partial charge on any atom is -0.458 e. The number of hydrogen-bond acceptors (Lipinski definition) is 8. The van der Waals surface area contributed by atoms with E-state index in [0.717, 1.165) is 0 Å². The highest BCUT2D eigenvalue weighted by Crippen LogP contribution is 2.54. The van der Waals surface area contributed by atoms with E-state index in [2.05, 4.69) is 11.5 Å². The van der Waals surface area contributed by atoms with Crippen molar-refractivity contribution < 1.29 is 39.4 Å². The Balaban J connectivity index is 2.20. The standard InChI is InChI=1S/C17H20O8/c1-8-7-11(22-10(3)18)12-9(2)15(19)23-13(12)14-16(4,24-20)5-6-17(8,14)25-21/h5-7,11-14,20-21H,2H2,1,3-4H3/t11-,12+,13-,14-,16+,17+/m0/s1. The van der Waals surface area contributed by atoms with Crippen LogP contribution >= 0.6 is 0 Å². The van der Waals surface area contributed by atoms with Crippen molar-refractivity contribution in [1.82, 2.24) is 0 Å². The van der Waals surface area contributed by atoms with Gasteiger partial charge in [-0.1, -0.05) is 12.7 Å². The van der Waals surface area contributed by atoms with Crippen molar-refractivity contribution in [1.29, 1.82) is 0 Å². The second kappa shape index (κ2) is 5.77. The first-order valence-electron chi connectivity index (χ1n) is 7.81. The van der Waals surface area contributed by atoms with Crippen LogP contribution in [0.5, 0.6) is 0 Å². The van der Waals surface area contributed by atoms with Gasteiger partial charge in [-0.15, -0.1) is 0 Å². The van der Waals surface area contributed by atoms with E-state index in [4.69, 9.17) is 14.4 Å². The van der Waals surface area contributed by atoms with Gasteiger partial charge in [0.1, 0.15) is 17.8 Å². The Hall–Kier alpha value is -2.00. The second-order valence-electron chi connectivity index (χ2n) is 6.82. The largest absolute Gasteiger partial charge is 0.458 e. The van der Waals surface area contributed by atoms with Gasteiger partial charge in [-0.2, -0.15) is 0 Å². The van der Waals surface area contributed by atoms with Crippen LogP contribution in [0, 0.1) is 11.8 Å². The number of fused-ring (bicyclic) bond motifs is 3. The van der Waals surface area contributed by atoms with Crippen LogP contribution < -0.4 is 0 Å². The van der Waals surface area contributed by atoms with E-state index in [0.29, 0.717) is 5.57 Å². The van der Waals surface area contributed by atoms with Crippen LogP contribution in [-0.4, -0.2) is 45.9 Å². The number of rotatable bonds is 3. The molecule has 0 aromatic carbocycles. The first-order valence-corrected chi connectivity index (χ1v) is 7.81. The highest BCUT2D eigenvalue weighted by molar-refractivity contribution is 5.91. The fraction of sp³-hybridized carbons (Fsp3) is 0.529. The maximum Gasteiger partial charge on any atom is 0.334 e. The molecule has 1 aliphatic heterocycles. The molecule has 6 atom stereocenters. The summed E-state index contributed by atoms with van der Waals surface area (Å²) in [5.41, 5.74) is -2.07. The van der Waals surface area contributed by atoms with Crippen molar-refractivity contribution in [3.8, 4) is 0 Å². The zero-order valence-corrected chi connectivity index (χ0v) is 14.1. The number of hydrogen-bond donors (Lipinski definition) is 2. The van der Waals surface area contributed by atoms with Gasteiger partial charge in [-0.3, -0.25) is 15.3 Å². The van der Waals surface area contributed by atoms with Crippen molar-refractivity contribution in [2.45, 2.75) is 44.2 Å². The SMILES string of the molecule is C=C1C(=O)O[C@H]2[C@H]1[C@@H](OC(C)=O)C=C(C)[C@]1(OO)C=C[C@@](C)(OO)[C@H]21. The molecule has 1 fully saturated rings. The molecule has 0 bridgehead atoms. The van der Waals surface area contributed by atoms with Crippen LogP contribution in [0.15, 0.2) is 36.0 Å². The molecule has 0 amide bonds. The van der Waals surface area contributed by atoms with Gasteiger partial charge in [-0.25, -0.2) is 14.6 Å². The molecule has 0 spiro atoms. The summed E-state index contributed by atoms with van der Waals surface area (Å²) in [5.74, 6) is -2.72. The summed E-state index contributed by atoms with van der Waals surface area (Å²) in [5, 5.41) is 19.2. The van der Waals surface area contributed by atoms with Crippen molar-refractivity contribution in [3.05, 3.63) is 36.0 Å². The smallest absolute Gasteiger partial charge is 0.334 e. The zero-order chi connectivity index (χ0) is 18.6. The number of ether oxygens (including phenoxy) is 2. The Labute approximate surface area is 144 Å². The van der Waals surface area contributed by atoms with Crippen molar-refractivity contribution in [3.63, 3.8) is 0 Å². The zero-order valence-electron chi connectivity index (χ0n) is 14.1. The Morgan fingerprint density at radius 2 is 2.00 bits per heavy atom. The Kier molecular flexibility index (Phi) is 4.11. The van der Waals surface area contributed by atoms with Crippen LogP contribution in [0.2, 0.25) is 0 Å². The second-order valence-corrected chi connectivity index (χ2v) is 6.82. The summed E-state index contributed by atoms with van der Waals surface area (Å²) < 4.78 is 10.8. The molecule has 3 rings (SSSR count). The molecule has 136 valence electrons. The van der Waals surface area contributed by atoms with Crippen molar-refractivity contribution in [2.75, 3.05) is 0 Å². The minimum absolute atomic E-state index is 0.140. The summed E-state index contributed by atoms with van der Waals surface area (Å²) in [6.07, 6.45) is 2.91. The molecule has 0 aromatic rings. The van der Waals surface area contributed by atoms with Crippen LogP contribution in [0.3, 0.4) is 0 Å². The lowest BCUT2D eigenvalue weighted by Crippen LogP contribution is -2.54. The van der Waals surface area contributed by atoms with E-state index >= 15 is 0 Å². The van der Waals surface area contributed by atoms with E-state index < -0.39 is 47.2 Å². The molecule has 0 unspecified atom stereocenters. The molecule has 8 nitrogen and oxygen atoms in total. The molecule has 0 radical (unpaired) electrons. The number of esters is 2. The van der Waals surface area contributed by atoms with Crippen LogP contribution in [0.1, 0.15) is 20.8 Å². The average molecular weight is 352 g/mol. The number of carbonyl (C=O) groups excluding carboxylic acids is 2. The van der Waals surface area contributed by atoms with Gasteiger partial charge in [0, 0.05) is 12.5 Å². The predicted molar refractivity (Wildman–Crippen MR) is 83.0 cm³/mol. The van der Waals surface area contributed by atoms with Gasteiger partial charge < -0.3 is 9.47 Å². The fourth-order valence-corrected chi connectivity index (χ4v) is 4.16. The molecule has 0 aromatic heterocycles. The molecule has 1 saturated heterocycles. The van der Waals surface area contributed by atoms with Crippen LogP contribution in [0.4, 0.5) is 0 Å². The highest BCUT2D eigenvalue weighted by atomic mass is 17.1. The molecule has 2 N–H and O–H groups in total. The maximum atomic E-state index is 12.1. The molecular formula is C17H20O8. The number of carbonyl (C=O) groups is 2. The molecule has 8 heteroatoms. The monoisotopic (exact) mass is 352 g/mol. The minimum atomic E-state index is -1.42. The van der Waals surface area contributed by atoms with E-state index in [1.54, 1.807) is 19.9 Å². The van der Waals surface area contributed by atoms with Gasteiger partial charge in [0.2, 0.25) is 0 Å². The molecule has 3 aliphatic rings. The van der Waals surface area contributed by atoms with Gasteiger partial charge in [0.15, 0.2) is 5.60 Å². The van der Waals surface area contributed by atoms with Gasteiger partial charge >= 0.3 is 11.9 Å². The van der Waals surface area contributed by atoms with Crippen LogP contribution in [0.25, 0.3) is 0 Å². The van der Waals surface area contributed by atoms with Crippen molar-refractivity contribution >= 4 is 11.9 Å². The Morgan fingerprint density at radius 3 is 2.56 bits per heavy atom. The lowest BCUT2D eigenvalue weighted by Gasteiger charge is -2.40. The summed E-state index contributed by atoms with van der Waals surface area (Å²) in [6.45, 7) is 8.26. The first-order chi connectivity index (χ1) is 11.7. The first kappa shape index (κ1) is 17.8. The lowest BCUT2D eigenvalue weighted by atomic mass is 9.73. The lowest BCUT2D eigenvalue weighted by molar-refractivity contribution is -0.360. The molecular weight excluding hydrogens is 332 g/mol. The van der Waals surface area contributed by atoms with Gasteiger partial charge in [0.25, 0.3) is 0 Å². The van der Waals surface area contributed by atoms with Crippen LogP contribution in [-0.2, 0) is 28.8 Å². The molecule has 2 aliphatic carbocycles. The van der Waals surface area contributed by atoms with E-state index in [1.807, 2.05) is 0 Å². The predicted octanol–water partition coefficient (Wildman–Crippen LogP) is 1.64. The summed E-state index contributed by atoms with van der Waals surface area (Å²) in [7, 11) is 0. The third kappa shape index (κ3) is 2.36. The third-order valence-corrected chi connectivity index (χ3v) is 5.37. The summed E-state index contributed by atoms with van der Waals surface area (Å²) in [4.78, 5) is 33.1. The summed E-state index contributed by atoms with van der Waals surface area (Å²) in [6, 6.07) is 0. The van der Waals surface area contributed by atoms with E-state index in [-0.39, 0.29) is 5.57 Å².